The molecular weight excluding hydrogens is 201 g/mol. The number of hydrogen-bond donors (Lipinski definition) is 0. The van der Waals surface area contributed by atoms with Gasteiger partial charge < -0.3 is 14.2 Å². The maximum atomic E-state index is 5.98. The van der Waals surface area contributed by atoms with Crippen molar-refractivity contribution in [3.63, 3.8) is 0 Å². The summed E-state index contributed by atoms with van der Waals surface area (Å²) in [6.07, 6.45) is 6.27. The Bertz CT molecular complexity index is 331. The Kier molecular flexibility index (Phi) is 2.67. The van der Waals surface area contributed by atoms with E-state index in [1.54, 1.807) is 0 Å². The smallest absolute Gasteiger partial charge is 0.399 e. The van der Waals surface area contributed by atoms with Crippen molar-refractivity contribution in [2.75, 3.05) is 13.6 Å². The summed E-state index contributed by atoms with van der Waals surface area (Å²) in [5.41, 5.74) is 0.613. The van der Waals surface area contributed by atoms with Gasteiger partial charge in [-0.1, -0.05) is 6.08 Å². The minimum absolute atomic E-state index is 0.227. The van der Waals surface area contributed by atoms with Crippen molar-refractivity contribution in [3.05, 3.63) is 23.8 Å². The molecule has 1 fully saturated rings. The highest BCUT2D eigenvalue weighted by Crippen LogP contribution is 2.38. The summed E-state index contributed by atoms with van der Waals surface area (Å²) in [7, 11) is 1.82. The predicted molar refractivity (Wildman–Crippen MR) is 65.9 cm³/mol. The van der Waals surface area contributed by atoms with Gasteiger partial charge in [0.15, 0.2) is 0 Å². The minimum Gasteiger partial charge on any atom is -0.399 e. The molecule has 0 saturated carbocycles. The molecule has 0 amide bonds. The molecule has 0 aromatic rings. The van der Waals surface area contributed by atoms with E-state index >= 15 is 0 Å². The molecule has 2 aliphatic heterocycles. The van der Waals surface area contributed by atoms with Crippen LogP contribution in [0.5, 0.6) is 0 Å². The molecule has 88 valence electrons. The van der Waals surface area contributed by atoms with Crippen molar-refractivity contribution in [1.82, 2.24) is 4.90 Å². The van der Waals surface area contributed by atoms with Crippen molar-refractivity contribution in [2.24, 2.45) is 0 Å². The third kappa shape index (κ3) is 1.92. The van der Waals surface area contributed by atoms with Gasteiger partial charge in [0, 0.05) is 13.6 Å². The molecule has 0 aromatic heterocycles. The van der Waals surface area contributed by atoms with Crippen LogP contribution in [0, 0.1) is 0 Å². The summed E-state index contributed by atoms with van der Waals surface area (Å²) in [5.74, 6) is 0. The molecule has 0 aliphatic carbocycles. The summed E-state index contributed by atoms with van der Waals surface area (Å²) >= 11 is 0. The van der Waals surface area contributed by atoms with Gasteiger partial charge in [-0.15, -0.1) is 0 Å². The standard InChI is InChI=1S/C12H20BNO2/c1-11(2)12(3,4)16-13(15-11)10-6-8-14(5)9-7-10/h6-8H,9H2,1-5H3. The normalized spacial score (nSPS) is 27.2. The first kappa shape index (κ1) is 11.7. The Morgan fingerprint density at radius 1 is 1.19 bits per heavy atom. The molecule has 2 aliphatic rings. The second-order valence-corrected chi connectivity index (χ2v) is 5.55. The SMILES string of the molecule is CN1C=CC(B2OC(C)(C)C(C)(C)O2)=CC1. The van der Waals surface area contributed by atoms with Crippen molar-refractivity contribution >= 4 is 7.12 Å². The van der Waals surface area contributed by atoms with Gasteiger partial charge in [-0.25, -0.2) is 0 Å². The summed E-state index contributed by atoms with van der Waals surface area (Å²) in [4.78, 5) is 2.12. The van der Waals surface area contributed by atoms with Gasteiger partial charge in [-0.3, -0.25) is 0 Å². The van der Waals surface area contributed by atoms with Gasteiger partial charge in [0.1, 0.15) is 0 Å². The second kappa shape index (κ2) is 3.64. The maximum absolute atomic E-state index is 5.98. The highest BCUT2D eigenvalue weighted by atomic mass is 16.7. The van der Waals surface area contributed by atoms with E-state index in [0.29, 0.717) is 0 Å². The molecule has 2 rings (SSSR count). The van der Waals surface area contributed by atoms with Gasteiger partial charge >= 0.3 is 7.12 Å². The van der Waals surface area contributed by atoms with Crippen LogP contribution in [0.15, 0.2) is 23.8 Å². The summed E-state index contributed by atoms with van der Waals surface area (Å²) in [6.45, 7) is 9.22. The number of likely N-dealkylation sites (N-methyl/N-ethyl adjacent to an activating group) is 1. The van der Waals surface area contributed by atoms with Gasteiger partial charge in [0.25, 0.3) is 0 Å². The third-order valence-corrected chi connectivity index (χ3v) is 3.66. The van der Waals surface area contributed by atoms with Gasteiger partial charge in [-0.2, -0.15) is 0 Å². The Hall–Kier alpha value is -0.735. The number of rotatable bonds is 1. The van der Waals surface area contributed by atoms with Crippen molar-refractivity contribution in [3.8, 4) is 0 Å². The van der Waals surface area contributed by atoms with E-state index in [4.69, 9.17) is 9.31 Å². The zero-order valence-corrected chi connectivity index (χ0v) is 10.8. The Balaban J connectivity index is 2.13. The number of hydrogen-bond acceptors (Lipinski definition) is 3. The lowest BCUT2D eigenvalue weighted by Crippen LogP contribution is -2.41. The van der Waals surface area contributed by atoms with Crippen LogP contribution in [0.3, 0.4) is 0 Å². The zero-order valence-electron chi connectivity index (χ0n) is 10.8. The highest BCUT2D eigenvalue weighted by molar-refractivity contribution is 6.55. The number of nitrogens with zero attached hydrogens (tertiary/aromatic N) is 1. The van der Waals surface area contributed by atoms with E-state index in [0.717, 1.165) is 12.0 Å². The summed E-state index contributed by atoms with van der Waals surface area (Å²) in [5, 5.41) is 0. The Labute approximate surface area is 98.2 Å². The molecule has 3 nitrogen and oxygen atoms in total. The Morgan fingerprint density at radius 2 is 1.75 bits per heavy atom. The molecule has 0 unspecified atom stereocenters. The second-order valence-electron chi connectivity index (χ2n) is 5.55. The van der Waals surface area contributed by atoms with Crippen LogP contribution >= 0.6 is 0 Å². The van der Waals surface area contributed by atoms with Crippen LogP contribution in [0.25, 0.3) is 0 Å². The van der Waals surface area contributed by atoms with E-state index in [-0.39, 0.29) is 18.3 Å². The van der Waals surface area contributed by atoms with Gasteiger partial charge in [-0.05, 0) is 45.4 Å². The van der Waals surface area contributed by atoms with Crippen LogP contribution in [0.2, 0.25) is 0 Å². The fourth-order valence-corrected chi connectivity index (χ4v) is 1.75. The number of allylic oxidation sites excluding steroid dienone is 2. The van der Waals surface area contributed by atoms with Crippen LogP contribution < -0.4 is 0 Å². The topological polar surface area (TPSA) is 21.7 Å². The van der Waals surface area contributed by atoms with E-state index in [1.807, 2.05) is 7.05 Å². The van der Waals surface area contributed by atoms with Crippen LogP contribution in [-0.4, -0.2) is 36.8 Å². The van der Waals surface area contributed by atoms with Crippen LogP contribution in [-0.2, 0) is 9.31 Å². The molecule has 0 bridgehead atoms. The first-order chi connectivity index (χ1) is 7.32. The minimum atomic E-state index is -0.254. The van der Waals surface area contributed by atoms with Crippen molar-refractivity contribution < 1.29 is 9.31 Å². The van der Waals surface area contributed by atoms with Crippen LogP contribution in [0.4, 0.5) is 0 Å². The first-order valence-corrected chi connectivity index (χ1v) is 5.76. The zero-order chi connectivity index (χ0) is 12.0. The van der Waals surface area contributed by atoms with Crippen molar-refractivity contribution in [2.45, 2.75) is 38.9 Å². The molecule has 4 heteroatoms. The molecule has 0 atom stereocenters. The van der Waals surface area contributed by atoms with Crippen LogP contribution in [0.1, 0.15) is 27.7 Å². The molecule has 0 aromatic carbocycles. The lowest BCUT2D eigenvalue weighted by Gasteiger charge is -2.32. The largest absolute Gasteiger partial charge is 0.494 e. The average molecular weight is 221 g/mol. The lowest BCUT2D eigenvalue weighted by atomic mass is 9.77. The third-order valence-electron chi connectivity index (χ3n) is 3.66. The van der Waals surface area contributed by atoms with E-state index < -0.39 is 0 Å². The maximum Gasteiger partial charge on any atom is 0.494 e. The monoisotopic (exact) mass is 221 g/mol. The van der Waals surface area contributed by atoms with E-state index in [1.165, 1.54) is 0 Å². The highest BCUT2D eigenvalue weighted by Gasteiger charge is 2.52. The van der Waals surface area contributed by atoms with Gasteiger partial charge in [0.2, 0.25) is 0 Å². The van der Waals surface area contributed by atoms with E-state index in [2.05, 4.69) is 50.9 Å². The fourth-order valence-electron chi connectivity index (χ4n) is 1.75. The molecule has 2 heterocycles. The Morgan fingerprint density at radius 3 is 2.19 bits per heavy atom. The molecule has 16 heavy (non-hydrogen) atoms. The average Bonchev–Trinajstić information content (AvgIpc) is 2.37. The van der Waals surface area contributed by atoms with E-state index in [9.17, 15) is 0 Å². The van der Waals surface area contributed by atoms with Gasteiger partial charge in [0.05, 0.1) is 11.2 Å². The first-order valence-electron chi connectivity index (χ1n) is 5.76. The van der Waals surface area contributed by atoms with Crippen molar-refractivity contribution in [1.29, 1.82) is 0 Å². The lowest BCUT2D eigenvalue weighted by molar-refractivity contribution is 0.00578. The molecule has 0 radical (unpaired) electrons. The predicted octanol–water partition coefficient (Wildman–Crippen LogP) is 2.00. The summed E-state index contributed by atoms with van der Waals surface area (Å²) < 4.78 is 12.0. The molecule has 0 spiro atoms. The molecule has 0 N–H and O–H groups in total. The summed E-state index contributed by atoms with van der Waals surface area (Å²) in [6, 6.07) is 0. The molecule has 1 saturated heterocycles. The quantitative estimate of drug-likeness (QED) is 0.632. The molecular formula is C12H20BNO2. The fraction of sp³-hybridized carbons (Fsp3) is 0.667.